The second-order valence-corrected chi connectivity index (χ2v) is 4.06. The number of H-pyrrole nitrogens is 1. The summed E-state index contributed by atoms with van der Waals surface area (Å²) in [6.07, 6.45) is 2.32. The number of hydrogen-bond acceptors (Lipinski definition) is 3. The summed E-state index contributed by atoms with van der Waals surface area (Å²) in [5.74, 6) is -0.844. The quantitative estimate of drug-likeness (QED) is 0.748. The maximum absolute atomic E-state index is 11.8. The molecule has 2 rings (SSSR count). The van der Waals surface area contributed by atoms with Crippen LogP contribution in [0, 0.1) is 0 Å². The number of aromatic nitrogens is 2. The van der Waals surface area contributed by atoms with Gasteiger partial charge in [-0.2, -0.15) is 5.10 Å². The van der Waals surface area contributed by atoms with Crippen LogP contribution >= 0.6 is 0 Å². The number of benzene rings is 1. The van der Waals surface area contributed by atoms with Gasteiger partial charge in [0.2, 0.25) is 5.91 Å². The van der Waals surface area contributed by atoms with Crippen LogP contribution < -0.4 is 11.1 Å². The van der Waals surface area contributed by atoms with Crippen LogP contribution in [0.2, 0.25) is 0 Å². The van der Waals surface area contributed by atoms with Gasteiger partial charge in [0.15, 0.2) is 0 Å². The number of carbonyl (C=O) groups is 2. The number of hydrogen-bond donors (Lipinski definition) is 3. The number of amides is 2. The Hall–Kier alpha value is -2.63. The lowest BCUT2D eigenvalue weighted by Gasteiger charge is -2.04. The molecule has 98 valence electrons. The van der Waals surface area contributed by atoms with E-state index in [1.54, 1.807) is 0 Å². The molecule has 2 amide bonds. The Labute approximate surface area is 110 Å². The van der Waals surface area contributed by atoms with Crippen molar-refractivity contribution in [2.45, 2.75) is 12.8 Å². The molecule has 6 nitrogen and oxygen atoms in total. The number of nitrogens with zero attached hydrogens (tertiary/aromatic N) is 1. The van der Waals surface area contributed by atoms with Crippen molar-refractivity contribution >= 4 is 17.5 Å². The molecule has 1 aromatic heterocycles. The van der Waals surface area contributed by atoms with Gasteiger partial charge in [-0.1, -0.05) is 30.3 Å². The smallest absolute Gasteiger partial charge is 0.268 e. The molecule has 0 aliphatic heterocycles. The molecule has 4 N–H and O–H groups in total. The van der Waals surface area contributed by atoms with Gasteiger partial charge >= 0.3 is 0 Å². The van der Waals surface area contributed by atoms with Crippen LogP contribution in [0.25, 0.3) is 0 Å². The van der Waals surface area contributed by atoms with Gasteiger partial charge in [0.05, 0.1) is 11.9 Å². The summed E-state index contributed by atoms with van der Waals surface area (Å²) in [6, 6.07) is 9.69. The van der Waals surface area contributed by atoms with Crippen LogP contribution in [0.4, 0.5) is 5.69 Å². The molecular weight excluding hydrogens is 244 g/mol. The summed E-state index contributed by atoms with van der Waals surface area (Å²) >= 11 is 0. The second-order valence-electron chi connectivity index (χ2n) is 4.06. The van der Waals surface area contributed by atoms with Gasteiger partial charge in [-0.05, 0) is 12.0 Å². The first-order valence-corrected chi connectivity index (χ1v) is 5.84. The Morgan fingerprint density at radius 2 is 2.00 bits per heavy atom. The summed E-state index contributed by atoms with van der Waals surface area (Å²) in [5.41, 5.74) is 6.64. The lowest BCUT2D eigenvalue weighted by molar-refractivity contribution is -0.116. The van der Waals surface area contributed by atoms with Crippen molar-refractivity contribution in [1.82, 2.24) is 10.2 Å². The highest BCUT2D eigenvalue weighted by Crippen LogP contribution is 2.11. The summed E-state index contributed by atoms with van der Waals surface area (Å²) in [5, 5.41) is 8.73. The molecule has 0 aliphatic rings. The molecule has 1 aromatic carbocycles. The van der Waals surface area contributed by atoms with Crippen LogP contribution in [0.15, 0.2) is 36.5 Å². The lowest BCUT2D eigenvalue weighted by Crippen LogP contribution is -2.18. The monoisotopic (exact) mass is 258 g/mol. The molecule has 19 heavy (non-hydrogen) atoms. The predicted octanol–water partition coefficient (Wildman–Crippen LogP) is 1.08. The molecule has 0 atom stereocenters. The molecule has 1 heterocycles. The largest absolute Gasteiger partial charge is 0.364 e. The van der Waals surface area contributed by atoms with E-state index in [1.807, 2.05) is 30.3 Å². The molecule has 0 bridgehead atoms. The van der Waals surface area contributed by atoms with E-state index in [-0.39, 0.29) is 11.6 Å². The highest BCUT2D eigenvalue weighted by molar-refractivity contribution is 6.01. The highest BCUT2D eigenvalue weighted by atomic mass is 16.2. The van der Waals surface area contributed by atoms with Gasteiger partial charge in [-0.3, -0.25) is 14.7 Å². The van der Waals surface area contributed by atoms with Crippen molar-refractivity contribution in [3.8, 4) is 0 Å². The molecule has 0 unspecified atom stereocenters. The third kappa shape index (κ3) is 3.41. The maximum Gasteiger partial charge on any atom is 0.268 e. The lowest BCUT2D eigenvalue weighted by atomic mass is 10.1. The average Bonchev–Trinajstić information content (AvgIpc) is 2.86. The number of aromatic amines is 1. The van der Waals surface area contributed by atoms with E-state index >= 15 is 0 Å². The SMILES string of the molecule is NC(=O)c1[nH]ncc1NC(=O)CCc1ccccc1. The topological polar surface area (TPSA) is 101 Å². The first kappa shape index (κ1) is 12.8. The average molecular weight is 258 g/mol. The van der Waals surface area contributed by atoms with E-state index in [2.05, 4.69) is 15.5 Å². The minimum Gasteiger partial charge on any atom is -0.364 e. The zero-order valence-electron chi connectivity index (χ0n) is 10.2. The Bertz CT molecular complexity index is 577. The van der Waals surface area contributed by atoms with Crippen molar-refractivity contribution < 1.29 is 9.59 Å². The van der Waals surface area contributed by atoms with Gasteiger partial charge in [0.1, 0.15) is 5.69 Å². The van der Waals surface area contributed by atoms with Crippen LogP contribution in [-0.4, -0.2) is 22.0 Å². The molecule has 6 heteroatoms. The fourth-order valence-electron chi connectivity index (χ4n) is 1.68. The van der Waals surface area contributed by atoms with E-state index in [4.69, 9.17) is 5.73 Å². The number of primary amides is 1. The Morgan fingerprint density at radius 3 is 2.68 bits per heavy atom. The van der Waals surface area contributed by atoms with Crippen LogP contribution in [0.1, 0.15) is 22.5 Å². The molecule has 0 spiro atoms. The third-order valence-corrected chi connectivity index (χ3v) is 2.64. The zero-order valence-corrected chi connectivity index (χ0v) is 10.2. The Kier molecular flexibility index (Phi) is 3.92. The van der Waals surface area contributed by atoms with Crippen molar-refractivity contribution in [2.24, 2.45) is 5.73 Å². The number of aryl methyl sites for hydroxylation is 1. The van der Waals surface area contributed by atoms with Gasteiger partial charge in [0.25, 0.3) is 5.91 Å². The van der Waals surface area contributed by atoms with Crippen LogP contribution in [0.5, 0.6) is 0 Å². The number of nitrogens with two attached hydrogens (primary N) is 1. The summed E-state index contributed by atoms with van der Waals surface area (Å²) < 4.78 is 0. The van der Waals surface area contributed by atoms with Crippen molar-refractivity contribution in [3.63, 3.8) is 0 Å². The van der Waals surface area contributed by atoms with Gasteiger partial charge < -0.3 is 11.1 Å². The zero-order chi connectivity index (χ0) is 13.7. The first-order chi connectivity index (χ1) is 9.16. The second kappa shape index (κ2) is 5.81. The molecule has 0 fully saturated rings. The fourth-order valence-corrected chi connectivity index (χ4v) is 1.68. The molecule has 0 radical (unpaired) electrons. The van der Waals surface area contributed by atoms with E-state index in [0.29, 0.717) is 18.5 Å². The van der Waals surface area contributed by atoms with E-state index in [9.17, 15) is 9.59 Å². The minimum atomic E-state index is -0.657. The predicted molar refractivity (Wildman–Crippen MR) is 70.5 cm³/mol. The molecule has 0 saturated carbocycles. The summed E-state index contributed by atoms with van der Waals surface area (Å²) in [4.78, 5) is 22.8. The number of anilines is 1. The van der Waals surface area contributed by atoms with E-state index in [0.717, 1.165) is 5.56 Å². The minimum absolute atomic E-state index is 0.105. The molecule has 0 aliphatic carbocycles. The van der Waals surface area contributed by atoms with Crippen molar-refractivity contribution in [3.05, 3.63) is 47.8 Å². The number of carbonyl (C=O) groups excluding carboxylic acids is 2. The van der Waals surface area contributed by atoms with Gasteiger partial charge in [0, 0.05) is 6.42 Å². The normalized spacial score (nSPS) is 10.1. The van der Waals surface area contributed by atoms with Gasteiger partial charge in [-0.15, -0.1) is 0 Å². The van der Waals surface area contributed by atoms with E-state index in [1.165, 1.54) is 6.20 Å². The van der Waals surface area contributed by atoms with Gasteiger partial charge in [-0.25, -0.2) is 0 Å². The Morgan fingerprint density at radius 1 is 1.26 bits per heavy atom. The Balaban J connectivity index is 1.91. The van der Waals surface area contributed by atoms with Crippen LogP contribution in [0.3, 0.4) is 0 Å². The number of nitrogens with one attached hydrogen (secondary N) is 2. The van der Waals surface area contributed by atoms with E-state index < -0.39 is 5.91 Å². The molecule has 0 saturated heterocycles. The standard InChI is InChI=1S/C13H14N4O2/c14-13(19)12-10(8-15-17-12)16-11(18)7-6-9-4-2-1-3-5-9/h1-5,8H,6-7H2,(H2,14,19)(H,15,17)(H,16,18). The number of rotatable bonds is 5. The molecule has 2 aromatic rings. The third-order valence-electron chi connectivity index (χ3n) is 2.64. The van der Waals surface area contributed by atoms with Crippen molar-refractivity contribution in [2.75, 3.05) is 5.32 Å². The fraction of sp³-hybridized carbons (Fsp3) is 0.154. The van der Waals surface area contributed by atoms with Crippen molar-refractivity contribution in [1.29, 1.82) is 0 Å². The summed E-state index contributed by atoms with van der Waals surface area (Å²) in [7, 11) is 0. The molecular formula is C13H14N4O2. The highest BCUT2D eigenvalue weighted by Gasteiger charge is 2.12. The summed E-state index contributed by atoms with van der Waals surface area (Å²) in [6.45, 7) is 0. The maximum atomic E-state index is 11.8. The van der Waals surface area contributed by atoms with Crippen LogP contribution in [-0.2, 0) is 11.2 Å². The first-order valence-electron chi connectivity index (χ1n) is 5.84.